The van der Waals surface area contributed by atoms with Crippen molar-refractivity contribution in [1.29, 1.82) is 0 Å². The monoisotopic (exact) mass is 334 g/mol. The maximum Gasteiger partial charge on any atom is 0.0958 e. The van der Waals surface area contributed by atoms with Crippen LogP contribution in [0.25, 0.3) is 0 Å². The number of rotatable bonds is 1. The molecule has 24 heavy (non-hydrogen) atoms. The van der Waals surface area contributed by atoms with E-state index >= 15 is 0 Å². The molecule has 4 aliphatic carbocycles. The maximum atomic E-state index is 11.2. The largest absolute Gasteiger partial charge is 0.393 e. The van der Waals surface area contributed by atoms with Crippen LogP contribution in [0.15, 0.2) is 11.6 Å². The predicted molar refractivity (Wildman–Crippen MR) is 94.3 cm³/mol. The first kappa shape index (κ1) is 17.1. The lowest BCUT2D eigenvalue weighted by atomic mass is 9.46. The van der Waals surface area contributed by atoms with Gasteiger partial charge in [-0.3, -0.25) is 0 Å². The molecule has 0 aromatic carbocycles. The normalized spacial score (nSPS) is 55.2. The van der Waals surface area contributed by atoms with E-state index in [1.165, 1.54) is 5.57 Å². The third kappa shape index (κ3) is 2.01. The topological polar surface area (TPSA) is 60.7 Å². The first-order valence-corrected chi connectivity index (χ1v) is 10.0. The fourth-order valence-electron chi connectivity index (χ4n) is 7.38. The lowest BCUT2D eigenvalue weighted by molar-refractivity contribution is -0.170. The molecular formula is C21H34O3. The molecule has 4 rings (SSSR count). The van der Waals surface area contributed by atoms with Crippen molar-refractivity contribution in [2.75, 3.05) is 0 Å². The second kappa shape index (κ2) is 5.31. The fourth-order valence-corrected chi connectivity index (χ4v) is 7.38. The Balaban J connectivity index is 1.68. The third-order valence-electron chi connectivity index (χ3n) is 8.98. The number of hydrogen-bond acceptors (Lipinski definition) is 3. The minimum Gasteiger partial charge on any atom is -0.393 e. The summed E-state index contributed by atoms with van der Waals surface area (Å²) in [4.78, 5) is 0. The van der Waals surface area contributed by atoms with E-state index in [0.29, 0.717) is 17.8 Å². The molecule has 3 fully saturated rings. The first-order valence-electron chi connectivity index (χ1n) is 10.0. The van der Waals surface area contributed by atoms with Gasteiger partial charge in [-0.1, -0.05) is 25.5 Å². The van der Waals surface area contributed by atoms with Crippen LogP contribution in [0.3, 0.4) is 0 Å². The summed E-state index contributed by atoms with van der Waals surface area (Å²) < 4.78 is 0. The summed E-state index contributed by atoms with van der Waals surface area (Å²) in [6.07, 6.45) is 9.56. The molecule has 0 spiro atoms. The second-order valence-corrected chi connectivity index (χ2v) is 9.75. The van der Waals surface area contributed by atoms with Crippen LogP contribution in [0.4, 0.5) is 0 Å². The quantitative estimate of drug-likeness (QED) is 0.644. The molecule has 3 saturated carbocycles. The van der Waals surface area contributed by atoms with Crippen LogP contribution in [0, 0.1) is 28.6 Å². The molecule has 3 nitrogen and oxygen atoms in total. The van der Waals surface area contributed by atoms with Crippen LogP contribution >= 0.6 is 0 Å². The first-order chi connectivity index (χ1) is 11.2. The highest BCUT2D eigenvalue weighted by atomic mass is 16.3. The lowest BCUT2D eigenvalue weighted by Gasteiger charge is -2.59. The Hall–Kier alpha value is -0.380. The number of aliphatic hydroxyl groups is 3. The third-order valence-corrected chi connectivity index (χ3v) is 8.98. The van der Waals surface area contributed by atoms with Gasteiger partial charge >= 0.3 is 0 Å². The molecule has 0 aromatic heterocycles. The van der Waals surface area contributed by atoms with Crippen molar-refractivity contribution < 1.29 is 15.3 Å². The molecule has 0 radical (unpaired) electrons. The molecule has 0 amide bonds. The van der Waals surface area contributed by atoms with Crippen molar-refractivity contribution in [3.63, 3.8) is 0 Å². The SMILES string of the molecule is C[C@H](O)[C@@]1(O)CC[C@@H]2[C@@H]3CC=C4C[C@@H](O)CC[C@]4(C)[C@@H]3CC[C@@]21C. The van der Waals surface area contributed by atoms with Gasteiger partial charge in [-0.05, 0) is 81.5 Å². The average Bonchev–Trinajstić information content (AvgIpc) is 2.81. The number of hydrogen-bond donors (Lipinski definition) is 3. The summed E-state index contributed by atoms with van der Waals surface area (Å²) in [5, 5.41) is 31.6. The molecule has 4 aliphatic rings. The van der Waals surface area contributed by atoms with E-state index in [-0.39, 0.29) is 16.9 Å². The van der Waals surface area contributed by atoms with E-state index in [2.05, 4.69) is 19.9 Å². The second-order valence-electron chi connectivity index (χ2n) is 9.75. The molecule has 3 N–H and O–H groups in total. The van der Waals surface area contributed by atoms with E-state index in [1.54, 1.807) is 6.92 Å². The summed E-state index contributed by atoms with van der Waals surface area (Å²) in [5.41, 5.74) is 0.665. The Morgan fingerprint density at radius 3 is 2.50 bits per heavy atom. The Kier molecular flexibility index (Phi) is 3.77. The van der Waals surface area contributed by atoms with Gasteiger partial charge in [-0.15, -0.1) is 0 Å². The van der Waals surface area contributed by atoms with Crippen LogP contribution in [0.2, 0.25) is 0 Å². The molecule has 0 unspecified atom stereocenters. The van der Waals surface area contributed by atoms with Crippen molar-refractivity contribution in [2.24, 2.45) is 28.6 Å². The van der Waals surface area contributed by atoms with Gasteiger partial charge < -0.3 is 15.3 Å². The van der Waals surface area contributed by atoms with E-state index < -0.39 is 11.7 Å². The number of fused-ring (bicyclic) bond motifs is 5. The highest BCUT2D eigenvalue weighted by molar-refractivity contribution is 5.26. The zero-order valence-electron chi connectivity index (χ0n) is 15.5. The number of aliphatic hydroxyl groups excluding tert-OH is 2. The molecule has 0 heterocycles. The molecule has 0 aromatic rings. The highest BCUT2D eigenvalue weighted by Gasteiger charge is 2.64. The molecule has 0 saturated heterocycles. The van der Waals surface area contributed by atoms with Gasteiger partial charge in [0.15, 0.2) is 0 Å². The Bertz CT molecular complexity index is 555. The summed E-state index contributed by atoms with van der Waals surface area (Å²) in [7, 11) is 0. The van der Waals surface area contributed by atoms with Gasteiger partial charge in [0.25, 0.3) is 0 Å². The van der Waals surface area contributed by atoms with Crippen molar-refractivity contribution in [3.8, 4) is 0 Å². The van der Waals surface area contributed by atoms with Crippen LogP contribution in [-0.4, -0.2) is 33.1 Å². The van der Waals surface area contributed by atoms with Gasteiger partial charge in [-0.25, -0.2) is 0 Å². The van der Waals surface area contributed by atoms with Crippen molar-refractivity contribution in [1.82, 2.24) is 0 Å². The van der Waals surface area contributed by atoms with Gasteiger partial charge in [0.1, 0.15) is 0 Å². The van der Waals surface area contributed by atoms with Gasteiger partial charge in [0, 0.05) is 5.41 Å². The van der Waals surface area contributed by atoms with Gasteiger partial charge in [-0.2, -0.15) is 0 Å². The predicted octanol–water partition coefficient (Wildman–Crippen LogP) is 3.42. The molecule has 3 heteroatoms. The van der Waals surface area contributed by atoms with E-state index in [4.69, 9.17) is 0 Å². The standard InChI is InChI=1S/C21H34O3/c1-13(22)21(24)11-8-18-16-5-4-14-12-15(23)6-9-19(14,2)17(16)7-10-20(18,21)3/h4,13,15-18,22-24H,5-12H2,1-3H3/t13-,15-,16+,17+,18+,19-,20-,21-/m0/s1. The van der Waals surface area contributed by atoms with E-state index in [1.807, 2.05) is 0 Å². The van der Waals surface area contributed by atoms with Crippen LogP contribution < -0.4 is 0 Å². The fraction of sp³-hybridized carbons (Fsp3) is 0.905. The van der Waals surface area contributed by atoms with Gasteiger partial charge in [0.05, 0.1) is 17.8 Å². The molecular weight excluding hydrogens is 300 g/mol. The minimum atomic E-state index is -0.920. The van der Waals surface area contributed by atoms with Gasteiger partial charge in [0.2, 0.25) is 0 Å². The zero-order valence-corrected chi connectivity index (χ0v) is 15.5. The molecule has 0 bridgehead atoms. The van der Waals surface area contributed by atoms with Crippen LogP contribution in [0.1, 0.15) is 72.1 Å². The van der Waals surface area contributed by atoms with E-state index in [9.17, 15) is 15.3 Å². The smallest absolute Gasteiger partial charge is 0.0958 e. The Labute approximate surface area is 146 Å². The molecule has 8 atom stereocenters. The average molecular weight is 335 g/mol. The molecule has 0 aliphatic heterocycles. The molecule has 136 valence electrons. The highest BCUT2D eigenvalue weighted by Crippen LogP contribution is 2.67. The van der Waals surface area contributed by atoms with Crippen LogP contribution in [-0.2, 0) is 0 Å². The Morgan fingerprint density at radius 2 is 1.79 bits per heavy atom. The number of allylic oxidation sites excluding steroid dienone is 1. The maximum absolute atomic E-state index is 11.2. The van der Waals surface area contributed by atoms with Crippen molar-refractivity contribution in [2.45, 2.75) is 89.9 Å². The summed E-state index contributed by atoms with van der Waals surface area (Å²) in [6, 6.07) is 0. The van der Waals surface area contributed by atoms with E-state index in [0.717, 1.165) is 51.4 Å². The van der Waals surface area contributed by atoms with Crippen molar-refractivity contribution >= 4 is 0 Å². The lowest BCUT2D eigenvalue weighted by Crippen LogP contribution is -2.58. The van der Waals surface area contributed by atoms with Crippen molar-refractivity contribution in [3.05, 3.63) is 11.6 Å². The van der Waals surface area contributed by atoms with Crippen LogP contribution in [0.5, 0.6) is 0 Å². The Morgan fingerprint density at radius 1 is 1.08 bits per heavy atom. The summed E-state index contributed by atoms with van der Waals surface area (Å²) in [6.45, 7) is 6.43. The zero-order chi connectivity index (χ0) is 17.3. The summed E-state index contributed by atoms with van der Waals surface area (Å²) >= 11 is 0. The minimum absolute atomic E-state index is 0.151. The summed E-state index contributed by atoms with van der Waals surface area (Å²) in [5.74, 6) is 1.82.